The zero-order valence-electron chi connectivity index (χ0n) is 14.5. The van der Waals surface area contributed by atoms with Gasteiger partial charge in [-0.2, -0.15) is 0 Å². The molecule has 1 amide bonds. The van der Waals surface area contributed by atoms with Crippen molar-refractivity contribution in [3.8, 4) is 11.3 Å². The van der Waals surface area contributed by atoms with Gasteiger partial charge in [-0.25, -0.2) is 4.98 Å². The highest BCUT2D eigenvalue weighted by molar-refractivity contribution is 6.33. The van der Waals surface area contributed by atoms with Crippen LogP contribution in [0.5, 0.6) is 0 Å². The van der Waals surface area contributed by atoms with Crippen LogP contribution in [-0.2, 0) is 16.0 Å². The smallest absolute Gasteiger partial charge is 0.308 e. The molecule has 1 N–H and O–H groups in total. The molecule has 3 rings (SSSR count). The fourth-order valence-corrected chi connectivity index (χ4v) is 3.45. The molecule has 1 aliphatic heterocycles. The van der Waals surface area contributed by atoms with Crippen LogP contribution in [0.1, 0.15) is 32.1 Å². The molecule has 0 spiro atoms. The second-order valence-electron chi connectivity index (χ2n) is 6.61. The molecule has 0 aliphatic carbocycles. The average molecular weight is 377 g/mol. The highest BCUT2D eigenvalue weighted by Crippen LogP contribution is 2.28. The van der Waals surface area contributed by atoms with E-state index < -0.39 is 11.9 Å². The van der Waals surface area contributed by atoms with Crippen LogP contribution < -0.4 is 0 Å². The van der Waals surface area contributed by atoms with Gasteiger partial charge in [-0.3, -0.25) is 9.59 Å². The van der Waals surface area contributed by atoms with Crippen molar-refractivity contribution in [1.29, 1.82) is 0 Å². The monoisotopic (exact) mass is 376 g/mol. The summed E-state index contributed by atoms with van der Waals surface area (Å²) in [4.78, 5) is 29.6. The van der Waals surface area contributed by atoms with E-state index in [1.807, 2.05) is 25.1 Å². The quantitative estimate of drug-likeness (QED) is 0.861. The highest BCUT2D eigenvalue weighted by Gasteiger charge is 2.32. The van der Waals surface area contributed by atoms with Crippen LogP contribution in [0.3, 0.4) is 0 Å². The molecule has 1 aromatic carbocycles. The summed E-state index contributed by atoms with van der Waals surface area (Å²) < 4.78 is 5.71. The second kappa shape index (κ2) is 7.91. The van der Waals surface area contributed by atoms with Gasteiger partial charge in [-0.15, -0.1) is 0 Å². The molecule has 1 saturated heterocycles. The normalized spacial score (nSPS) is 20.2. The number of amides is 1. The Morgan fingerprint density at radius 1 is 1.35 bits per heavy atom. The van der Waals surface area contributed by atoms with Gasteiger partial charge in [0.15, 0.2) is 11.7 Å². The first-order chi connectivity index (χ1) is 12.5. The minimum absolute atomic E-state index is 0.0568. The molecule has 7 heteroatoms. The first kappa shape index (κ1) is 18.5. The minimum Gasteiger partial charge on any atom is -0.481 e. The number of hydrogen-bond donors (Lipinski definition) is 1. The van der Waals surface area contributed by atoms with E-state index in [-0.39, 0.29) is 24.9 Å². The number of oxazole rings is 1. The summed E-state index contributed by atoms with van der Waals surface area (Å²) in [5, 5.41) is 9.77. The van der Waals surface area contributed by atoms with Gasteiger partial charge >= 0.3 is 5.97 Å². The lowest BCUT2D eigenvalue weighted by Gasteiger charge is -2.36. The summed E-state index contributed by atoms with van der Waals surface area (Å²) >= 11 is 6.16. The van der Waals surface area contributed by atoms with Crippen LogP contribution in [-0.4, -0.2) is 39.5 Å². The van der Waals surface area contributed by atoms with Crippen molar-refractivity contribution in [3.05, 3.63) is 41.4 Å². The molecule has 138 valence electrons. The Morgan fingerprint density at radius 2 is 2.12 bits per heavy atom. The van der Waals surface area contributed by atoms with E-state index in [1.165, 1.54) is 0 Å². The van der Waals surface area contributed by atoms with Crippen molar-refractivity contribution in [2.45, 2.75) is 38.6 Å². The number of aliphatic carboxylic acids is 1. The van der Waals surface area contributed by atoms with E-state index in [9.17, 15) is 14.7 Å². The molecular weight excluding hydrogens is 356 g/mol. The summed E-state index contributed by atoms with van der Waals surface area (Å²) in [7, 11) is 0. The Morgan fingerprint density at radius 3 is 2.85 bits per heavy atom. The predicted octanol–water partition coefficient (Wildman–Crippen LogP) is 3.64. The summed E-state index contributed by atoms with van der Waals surface area (Å²) in [6.07, 6.45) is 3.52. The Bertz CT molecular complexity index is 804. The Labute approximate surface area is 156 Å². The molecule has 26 heavy (non-hydrogen) atoms. The number of halogens is 1. The number of carbonyl (C=O) groups is 2. The summed E-state index contributed by atoms with van der Waals surface area (Å²) in [5.41, 5.74) is 0.758. The van der Waals surface area contributed by atoms with Gasteiger partial charge < -0.3 is 14.4 Å². The lowest BCUT2D eigenvalue weighted by atomic mass is 9.93. The number of carbonyl (C=O) groups excluding carboxylic acids is 1. The largest absolute Gasteiger partial charge is 0.481 e. The number of aromatic nitrogens is 1. The Balaban J connectivity index is 1.61. The van der Waals surface area contributed by atoms with E-state index in [4.69, 9.17) is 16.0 Å². The SMILES string of the molecule is CC1CCC(C(=O)O)CN1C(=O)CCc1ncc(-c2ccccc2Cl)o1. The molecule has 2 unspecified atom stereocenters. The molecule has 2 heterocycles. The number of nitrogens with zero attached hydrogens (tertiary/aromatic N) is 2. The molecule has 1 aliphatic rings. The molecular formula is C19H21ClN2O4. The predicted molar refractivity (Wildman–Crippen MR) is 96.8 cm³/mol. The van der Waals surface area contributed by atoms with Gasteiger partial charge in [-0.05, 0) is 31.9 Å². The number of carboxylic acids is 1. The first-order valence-corrected chi connectivity index (χ1v) is 9.05. The Hall–Kier alpha value is -2.34. The van der Waals surface area contributed by atoms with Gasteiger partial charge in [0.2, 0.25) is 5.91 Å². The van der Waals surface area contributed by atoms with Crippen molar-refractivity contribution in [2.24, 2.45) is 5.92 Å². The number of rotatable bonds is 5. The van der Waals surface area contributed by atoms with E-state index in [0.717, 1.165) is 5.56 Å². The van der Waals surface area contributed by atoms with Crippen LogP contribution in [0.2, 0.25) is 5.02 Å². The highest BCUT2D eigenvalue weighted by atomic mass is 35.5. The zero-order chi connectivity index (χ0) is 18.7. The molecule has 6 nitrogen and oxygen atoms in total. The number of hydrogen-bond acceptors (Lipinski definition) is 4. The van der Waals surface area contributed by atoms with Gasteiger partial charge in [-0.1, -0.05) is 23.7 Å². The van der Waals surface area contributed by atoms with Gasteiger partial charge in [0.1, 0.15) is 0 Å². The van der Waals surface area contributed by atoms with Gasteiger partial charge in [0, 0.05) is 31.0 Å². The van der Waals surface area contributed by atoms with Crippen molar-refractivity contribution >= 4 is 23.5 Å². The topological polar surface area (TPSA) is 83.6 Å². The first-order valence-electron chi connectivity index (χ1n) is 8.67. The summed E-state index contributed by atoms with van der Waals surface area (Å²) in [5.74, 6) is -0.362. The van der Waals surface area contributed by atoms with Crippen LogP contribution >= 0.6 is 11.6 Å². The van der Waals surface area contributed by atoms with E-state index in [0.29, 0.717) is 35.9 Å². The standard InChI is InChI=1S/C19H21ClN2O4/c1-12-6-7-13(19(24)25)11-22(12)18(23)9-8-17-21-10-16(26-17)14-4-2-3-5-15(14)20/h2-5,10,12-13H,6-9,11H2,1H3,(H,24,25). The van der Waals surface area contributed by atoms with Crippen LogP contribution in [0.4, 0.5) is 0 Å². The number of aryl methyl sites for hydroxylation is 1. The Kier molecular flexibility index (Phi) is 5.61. The van der Waals surface area contributed by atoms with E-state index >= 15 is 0 Å². The fourth-order valence-electron chi connectivity index (χ4n) is 3.22. The van der Waals surface area contributed by atoms with Crippen LogP contribution in [0, 0.1) is 5.92 Å². The minimum atomic E-state index is -0.841. The third-order valence-electron chi connectivity index (χ3n) is 4.80. The number of piperidine rings is 1. The second-order valence-corrected chi connectivity index (χ2v) is 7.01. The van der Waals surface area contributed by atoms with E-state index in [1.54, 1.807) is 17.2 Å². The zero-order valence-corrected chi connectivity index (χ0v) is 15.3. The molecule has 2 atom stereocenters. The van der Waals surface area contributed by atoms with Gasteiger partial charge in [0.25, 0.3) is 0 Å². The van der Waals surface area contributed by atoms with Crippen LogP contribution in [0.15, 0.2) is 34.9 Å². The van der Waals surface area contributed by atoms with Crippen molar-refractivity contribution in [2.75, 3.05) is 6.54 Å². The van der Waals surface area contributed by atoms with Crippen LogP contribution in [0.25, 0.3) is 11.3 Å². The maximum Gasteiger partial charge on any atom is 0.308 e. The van der Waals surface area contributed by atoms with Gasteiger partial charge in [0.05, 0.1) is 17.1 Å². The lowest BCUT2D eigenvalue weighted by Crippen LogP contribution is -2.47. The summed E-state index contributed by atoms with van der Waals surface area (Å²) in [6, 6.07) is 7.38. The number of likely N-dealkylation sites (tertiary alicyclic amines) is 1. The van der Waals surface area contributed by atoms with E-state index in [2.05, 4.69) is 4.98 Å². The molecule has 1 fully saturated rings. The number of benzene rings is 1. The van der Waals surface area contributed by atoms with Crippen molar-refractivity contribution in [1.82, 2.24) is 9.88 Å². The third-order valence-corrected chi connectivity index (χ3v) is 5.13. The maximum atomic E-state index is 12.5. The lowest BCUT2D eigenvalue weighted by molar-refractivity contribution is -0.147. The fraction of sp³-hybridized carbons (Fsp3) is 0.421. The third kappa shape index (κ3) is 4.07. The molecule has 0 bridgehead atoms. The molecule has 0 saturated carbocycles. The van der Waals surface area contributed by atoms with Crippen molar-refractivity contribution < 1.29 is 19.1 Å². The maximum absolute atomic E-state index is 12.5. The average Bonchev–Trinajstić information content (AvgIpc) is 3.09. The molecule has 1 aromatic heterocycles. The molecule has 2 aromatic rings. The number of carboxylic acid groups (broad SMARTS) is 1. The van der Waals surface area contributed by atoms with Crippen molar-refractivity contribution in [3.63, 3.8) is 0 Å². The summed E-state index contributed by atoms with van der Waals surface area (Å²) in [6.45, 7) is 2.22. The molecule has 0 radical (unpaired) electrons.